The summed E-state index contributed by atoms with van der Waals surface area (Å²) < 4.78 is 0. The molecule has 0 bridgehead atoms. The minimum absolute atomic E-state index is 0.0699. The largest absolute Gasteiger partial charge is 0.396 e. The maximum absolute atomic E-state index is 11.5. The number of amides is 1. The minimum atomic E-state index is -0.0699. The Morgan fingerprint density at radius 1 is 1.17 bits per heavy atom. The Morgan fingerprint density at radius 2 is 1.89 bits per heavy atom. The van der Waals surface area contributed by atoms with Gasteiger partial charge in [0.05, 0.1) is 6.54 Å². The van der Waals surface area contributed by atoms with Crippen LogP contribution in [0.25, 0.3) is 0 Å². The van der Waals surface area contributed by atoms with Crippen molar-refractivity contribution in [1.29, 1.82) is 0 Å². The molecule has 0 aliphatic carbocycles. The normalized spacial score (nSPS) is 10.3. The number of aliphatic hydroxyl groups is 1. The molecule has 0 radical (unpaired) electrons. The summed E-state index contributed by atoms with van der Waals surface area (Å²) in [5.41, 5.74) is 0.742. The van der Waals surface area contributed by atoms with Gasteiger partial charge in [0, 0.05) is 17.3 Å². The zero-order valence-electron chi connectivity index (χ0n) is 10.3. The summed E-state index contributed by atoms with van der Waals surface area (Å²) in [6.45, 7) is 1.31. The highest BCUT2D eigenvalue weighted by molar-refractivity contribution is 6.30. The smallest absolute Gasteiger partial charge is 0.238 e. The highest BCUT2D eigenvalue weighted by Gasteiger charge is 2.01. The molecule has 1 amide bonds. The van der Waals surface area contributed by atoms with Crippen molar-refractivity contribution in [3.05, 3.63) is 29.3 Å². The van der Waals surface area contributed by atoms with Gasteiger partial charge in [-0.15, -0.1) is 0 Å². The van der Waals surface area contributed by atoms with Gasteiger partial charge >= 0.3 is 0 Å². The van der Waals surface area contributed by atoms with Gasteiger partial charge in [0.15, 0.2) is 0 Å². The van der Waals surface area contributed by atoms with Gasteiger partial charge in [-0.1, -0.05) is 11.6 Å². The van der Waals surface area contributed by atoms with Gasteiger partial charge in [0.1, 0.15) is 0 Å². The second kappa shape index (κ2) is 8.91. The summed E-state index contributed by atoms with van der Waals surface area (Å²) in [5.74, 6) is -0.0699. The second-order valence-electron chi connectivity index (χ2n) is 4.02. The molecular weight excluding hydrogens is 252 g/mol. The van der Waals surface area contributed by atoms with Gasteiger partial charge in [0.25, 0.3) is 0 Å². The predicted octanol–water partition coefficient (Wildman–Crippen LogP) is 2.03. The van der Waals surface area contributed by atoms with Crippen molar-refractivity contribution in [3.63, 3.8) is 0 Å². The van der Waals surface area contributed by atoms with E-state index >= 15 is 0 Å². The number of carbonyl (C=O) groups excluding carboxylic acids is 1. The summed E-state index contributed by atoms with van der Waals surface area (Å²) in [4.78, 5) is 11.5. The summed E-state index contributed by atoms with van der Waals surface area (Å²) in [6, 6.07) is 7.00. The van der Waals surface area contributed by atoms with Crippen molar-refractivity contribution in [2.45, 2.75) is 19.3 Å². The molecule has 4 nitrogen and oxygen atoms in total. The van der Waals surface area contributed by atoms with Gasteiger partial charge in [-0.2, -0.15) is 0 Å². The molecule has 0 spiro atoms. The third-order valence-electron chi connectivity index (χ3n) is 2.43. The van der Waals surface area contributed by atoms with E-state index in [2.05, 4.69) is 10.6 Å². The lowest BCUT2D eigenvalue weighted by atomic mass is 10.2. The van der Waals surface area contributed by atoms with E-state index in [9.17, 15) is 4.79 Å². The number of aliphatic hydroxyl groups excluding tert-OH is 1. The van der Waals surface area contributed by atoms with Gasteiger partial charge in [-0.25, -0.2) is 0 Å². The Labute approximate surface area is 112 Å². The highest BCUT2D eigenvalue weighted by atomic mass is 35.5. The maximum Gasteiger partial charge on any atom is 0.238 e. The van der Waals surface area contributed by atoms with Crippen LogP contribution in [0, 0.1) is 0 Å². The molecule has 0 saturated heterocycles. The molecule has 0 atom stereocenters. The molecule has 1 rings (SSSR count). The van der Waals surface area contributed by atoms with E-state index in [-0.39, 0.29) is 12.5 Å². The van der Waals surface area contributed by atoms with Crippen LogP contribution in [-0.4, -0.2) is 30.7 Å². The number of carbonyl (C=O) groups is 1. The molecule has 0 aliphatic heterocycles. The van der Waals surface area contributed by atoms with Gasteiger partial charge in [-0.05, 0) is 50.1 Å². The Kier molecular flexibility index (Phi) is 7.41. The number of rotatable bonds is 8. The number of hydrogen-bond donors (Lipinski definition) is 3. The van der Waals surface area contributed by atoms with Crippen molar-refractivity contribution < 1.29 is 9.90 Å². The first-order valence-electron chi connectivity index (χ1n) is 6.09. The van der Waals surface area contributed by atoms with Crippen molar-refractivity contribution in [2.24, 2.45) is 0 Å². The first-order valence-corrected chi connectivity index (χ1v) is 6.47. The van der Waals surface area contributed by atoms with Crippen LogP contribution in [0.4, 0.5) is 5.69 Å². The summed E-state index contributed by atoms with van der Waals surface area (Å²) in [5, 5.41) is 15.1. The van der Waals surface area contributed by atoms with E-state index in [0.717, 1.165) is 31.5 Å². The molecule has 0 unspecified atom stereocenters. The highest BCUT2D eigenvalue weighted by Crippen LogP contribution is 2.12. The Bertz CT molecular complexity index is 355. The summed E-state index contributed by atoms with van der Waals surface area (Å²) in [7, 11) is 0. The lowest BCUT2D eigenvalue weighted by Crippen LogP contribution is -2.28. The molecule has 0 saturated carbocycles. The van der Waals surface area contributed by atoms with Crippen molar-refractivity contribution in [2.75, 3.05) is 25.0 Å². The molecule has 0 aliphatic rings. The first kappa shape index (κ1) is 15.0. The quantitative estimate of drug-likeness (QED) is 0.634. The Morgan fingerprint density at radius 3 is 2.56 bits per heavy atom. The number of benzene rings is 1. The molecule has 1 aromatic carbocycles. The average molecular weight is 271 g/mol. The van der Waals surface area contributed by atoms with Crippen LogP contribution in [0.1, 0.15) is 19.3 Å². The predicted molar refractivity (Wildman–Crippen MR) is 73.9 cm³/mol. The minimum Gasteiger partial charge on any atom is -0.396 e. The average Bonchev–Trinajstić information content (AvgIpc) is 2.36. The van der Waals surface area contributed by atoms with E-state index in [1.54, 1.807) is 24.3 Å². The van der Waals surface area contributed by atoms with Crippen LogP contribution >= 0.6 is 11.6 Å². The molecule has 5 heteroatoms. The molecule has 100 valence electrons. The van der Waals surface area contributed by atoms with Crippen LogP contribution in [0.15, 0.2) is 24.3 Å². The molecule has 3 N–H and O–H groups in total. The zero-order chi connectivity index (χ0) is 13.2. The van der Waals surface area contributed by atoms with E-state index in [1.807, 2.05) is 0 Å². The topological polar surface area (TPSA) is 61.4 Å². The summed E-state index contributed by atoms with van der Waals surface area (Å²) in [6.07, 6.45) is 2.76. The van der Waals surface area contributed by atoms with Crippen LogP contribution in [-0.2, 0) is 4.79 Å². The van der Waals surface area contributed by atoms with E-state index < -0.39 is 0 Å². The molecule has 18 heavy (non-hydrogen) atoms. The lowest BCUT2D eigenvalue weighted by Gasteiger charge is -2.06. The third kappa shape index (κ3) is 6.59. The second-order valence-corrected chi connectivity index (χ2v) is 4.45. The van der Waals surface area contributed by atoms with Crippen LogP contribution in [0.2, 0.25) is 5.02 Å². The van der Waals surface area contributed by atoms with Crippen molar-refractivity contribution >= 4 is 23.2 Å². The lowest BCUT2D eigenvalue weighted by molar-refractivity contribution is -0.115. The summed E-state index contributed by atoms with van der Waals surface area (Å²) >= 11 is 5.75. The van der Waals surface area contributed by atoms with Crippen molar-refractivity contribution in [1.82, 2.24) is 5.32 Å². The van der Waals surface area contributed by atoms with Crippen LogP contribution < -0.4 is 10.6 Å². The first-order chi connectivity index (χ1) is 8.72. The number of halogens is 1. The van der Waals surface area contributed by atoms with Gasteiger partial charge in [0.2, 0.25) is 5.91 Å². The monoisotopic (exact) mass is 270 g/mol. The number of hydrogen-bond acceptors (Lipinski definition) is 3. The molecule has 1 aromatic rings. The Balaban J connectivity index is 2.12. The third-order valence-corrected chi connectivity index (χ3v) is 2.68. The molecule has 0 heterocycles. The van der Waals surface area contributed by atoms with E-state index in [1.165, 1.54) is 0 Å². The number of nitrogens with one attached hydrogen (secondary N) is 2. The van der Waals surface area contributed by atoms with E-state index in [0.29, 0.717) is 11.6 Å². The fraction of sp³-hybridized carbons (Fsp3) is 0.462. The fourth-order valence-electron chi connectivity index (χ4n) is 1.48. The molecule has 0 fully saturated rings. The van der Waals surface area contributed by atoms with Crippen LogP contribution in [0.3, 0.4) is 0 Å². The maximum atomic E-state index is 11.5. The molecular formula is C13H19ClN2O2. The fourth-order valence-corrected chi connectivity index (χ4v) is 1.60. The number of anilines is 1. The number of unbranched alkanes of at least 4 members (excludes halogenated alkanes) is 2. The molecule has 0 aromatic heterocycles. The SMILES string of the molecule is O=C(CNCCCCCO)Nc1ccc(Cl)cc1. The van der Waals surface area contributed by atoms with Gasteiger partial charge in [-0.3, -0.25) is 4.79 Å². The van der Waals surface area contributed by atoms with Gasteiger partial charge < -0.3 is 15.7 Å². The Hall–Kier alpha value is -1.10. The van der Waals surface area contributed by atoms with Crippen molar-refractivity contribution in [3.8, 4) is 0 Å². The zero-order valence-corrected chi connectivity index (χ0v) is 11.0. The van der Waals surface area contributed by atoms with E-state index in [4.69, 9.17) is 16.7 Å². The van der Waals surface area contributed by atoms with Crippen LogP contribution in [0.5, 0.6) is 0 Å². The standard InChI is InChI=1S/C13H19ClN2O2/c14-11-4-6-12(7-5-11)16-13(18)10-15-8-2-1-3-9-17/h4-7,15,17H,1-3,8-10H2,(H,16,18).